The number of rotatable bonds is 8. The Labute approximate surface area is 139 Å². The summed E-state index contributed by atoms with van der Waals surface area (Å²) in [6.45, 7) is 5.68. The lowest BCUT2D eigenvalue weighted by Crippen LogP contribution is -2.41. The second-order valence-corrected chi connectivity index (χ2v) is 6.13. The maximum absolute atomic E-state index is 12.7. The molecule has 0 aliphatic heterocycles. The first-order valence-electron chi connectivity index (χ1n) is 8.22. The van der Waals surface area contributed by atoms with Gasteiger partial charge in [-0.1, -0.05) is 13.3 Å². The van der Waals surface area contributed by atoms with E-state index in [0.717, 1.165) is 17.4 Å². The van der Waals surface area contributed by atoms with Crippen molar-refractivity contribution in [2.75, 3.05) is 0 Å². The van der Waals surface area contributed by atoms with Gasteiger partial charge in [0.1, 0.15) is 5.78 Å². The van der Waals surface area contributed by atoms with Crippen LogP contribution in [0.3, 0.4) is 0 Å². The largest absolute Gasteiger partial charge is 0.393 e. The Kier molecular flexibility index (Phi) is 5.71. The van der Waals surface area contributed by atoms with E-state index in [0.29, 0.717) is 18.6 Å². The number of aryl methyl sites for hydroxylation is 1. The molecule has 0 saturated heterocycles. The fraction of sp³-hybridized carbons (Fsp3) is 0.625. The van der Waals surface area contributed by atoms with Crippen molar-refractivity contribution in [1.82, 2.24) is 18.7 Å². The third-order valence-electron chi connectivity index (χ3n) is 3.88. The summed E-state index contributed by atoms with van der Waals surface area (Å²) < 4.78 is 4.10. The van der Waals surface area contributed by atoms with Crippen molar-refractivity contribution in [2.45, 2.75) is 65.8 Å². The first kappa shape index (κ1) is 18.1. The minimum absolute atomic E-state index is 0.0358. The number of hydrogen-bond acceptors (Lipinski definition) is 5. The molecule has 0 bridgehead atoms. The van der Waals surface area contributed by atoms with Crippen LogP contribution in [-0.4, -0.2) is 35.7 Å². The van der Waals surface area contributed by atoms with Crippen LogP contribution in [0.5, 0.6) is 0 Å². The number of carbonyl (C=O) groups is 1. The van der Waals surface area contributed by atoms with Crippen molar-refractivity contribution in [3.63, 3.8) is 0 Å². The van der Waals surface area contributed by atoms with Crippen molar-refractivity contribution in [3.8, 4) is 0 Å². The Balaban J connectivity index is 2.68. The van der Waals surface area contributed by atoms with E-state index in [1.165, 1.54) is 22.4 Å². The fourth-order valence-corrected chi connectivity index (χ4v) is 2.63. The van der Waals surface area contributed by atoms with Gasteiger partial charge in [0.2, 0.25) is 0 Å². The van der Waals surface area contributed by atoms with Crippen LogP contribution < -0.4 is 11.2 Å². The van der Waals surface area contributed by atoms with Gasteiger partial charge < -0.3 is 9.67 Å². The van der Waals surface area contributed by atoms with Crippen LogP contribution in [0.4, 0.5) is 0 Å². The lowest BCUT2D eigenvalue weighted by molar-refractivity contribution is -0.117. The molecular formula is C16H24N4O4. The van der Waals surface area contributed by atoms with Crippen molar-refractivity contribution in [1.29, 1.82) is 0 Å². The Morgan fingerprint density at radius 2 is 2.00 bits per heavy atom. The number of ketones is 1. The van der Waals surface area contributed by atoms with E-state index >= 15 is 0 Å². The standard InChI is InChI=1S/C16H24N4O4/c1-4-5-7-19-14-13(18(10-17-14)9-12(3)22)15(23)20(16(19)24)8-6-11(2)21/h10-11,21H,4-9H2,1-3H3. The summed E-state index contributed by atoms with van der Waals surface area (Å²) in [5, 5.41) is 9.47. The lowest BCUT2D eigenvalue weighted by Gasteiger charge is -2.12. The topological polar surface area (TPSA) is 99.1 Å². The van der Waals surface area contributed by atoms with Crippen LogP contribution in [0.25, 0.3) is 11.2 Å². The first-order chi connectivity index (χ1) is 11.4. The molecule has 2 aromatic rings. The molecule has 0 saturated carbocycles. The highest BCUT2D eigenvalue weighted by molar-refractivity contribution is 5.78. The normalized spacial score (nSPS) is 12.7. The highest BCUT2D eigenvalue weighted by Crippen LogP contribution is 2.08. The zero-order valence-electron chi connectivity index (χ0n) is 14.4. The first-order valence-corrected chi connectivity index (χ1v) is 8.22. The summed E-state index contributed by atoms with van der Waals surface area (Å²) in [7, 11) is 0. The number of aliphatic hydroxyl groups excluding tert-OH is 1. The van der Waals surface area contributed by atoms with E-state index in [2.05, 4.69) is 4.98 Å². The zero-order chi connectivity index (χ0) is 17.9. The molecule has 0 aromatic carbocycles. The molecule has 24 heavy (non-hydrogen) atoms. The highest BCUT2D eigenvalue weighted by Gasteiger charge is 2.18. The molecule has 8 heteroatoms. The molecule has 0 aliphatic rings. The number of nitrogens with zero attached hydrogens (tertiary/aromatic N) is 4. The van der Waals surface area contributed by atoms with E-state index in [4.69, 9.17) is 0 Å². The van der Waals surface area contributed by atoms with E-state index in [-0.39, 0.29) is 24.4 Å². The van der Waals surface area contributed by atoms with Gasteiger partial charge in [-0.05, 0) is 26.7 Å². The molecule has 0 amide bonds. The molecule has 1 atom stereocenters. The Morgan fingerprint density at radius 1 is 1.29 bits per heavy atom. The van der Waals surface area contributed by atoms with Gasteiger partial charge in [0.25, 0.3) is 5.56 Å². The Bertz CT molecular complexity index is 844. The number of hydrogen-bond donors (Lipinski definition) is 1. The molecular weight excluding hydrogens is 312 g/mol. The number of aliphatic hydroxyl groups is 1. The van der Waals surface area contributed by atoms with Crippen LogP contribution in [0.2, 0.25) is 0 Å². The van der Waals surface area contributed by atoms with Gasteiger partial charge in [-0.2, -0.15) is 0 Å². The quantitative estimate of drug-likeness (QED) is 0.757. The second kappa shape index (κ2) is 7.57. The van der Waals surface area contributed by atoms with Gasteiger partial charge in [0.05, 0.1) is 19.0 Å². The van der Waals surface area contributed by atoms with Crippen LogP contribution in [0.15, 0.2) is 15.9 Å². The van der Waals surface area contributed by atoms with Crippen molar-refractivity contribution < 1.29 is 9.90 Å². The minimum atomic E-state index is -0.613. The summed E-state index contributed by atoms with van der Waals surface area (Å²) in [5.74, 6) is -0.101. The maximum atomic E-state index is 12.7. The average Bonchev–Trinajstić information content (AvgIpc) is 2.89. The van der Waals surface area contributed by atoms with E-state index in [9.17, 15) is 19.5 Å². The van der Waals surface area contributed by atoms with Crippen LogP contribution >= 0.6 is 0 Å². The van der Waals surface area contributed by atoms with E-state index in [1.54, 1.807) is 6.92 Å². The number of unbranched alkanes of at least 4 members (excludes halogenated alkanes) is 1. The van der Waals surface area contributed by atoms with Crippen molar-refractivity contribution >= 4 is 16.9 Å². The van der Waals surface area contributed by atoms with Gasteiger partial charge in [0, 0.05) is 13.1 Å². The average molecular weight is 336 g/mol. The Morgan fingerprint density at radius 3 is 2.58 bits per heavy atom. The van der Waals surface area contributed by atoms with Crippen molar-refractivity contribution in [3.05, 3.63) is 27.2 Å². The number of aromatic nitrogens is 4. The predicted molar refractivity (Wildman–Crippen MR) is 90.1 cm³/mol. The zero-order valence-corrected chi connectivity index (χ0v) is 14.4. The maximum Gasteiger partial charge on any atom is 0.332 e. The van der Waals surface area contributed by atoms with Gasteiger partial charge >= 0.3 is 5.69 Å². The van der Waals surface area contributed by atoms with Gasteiger partial charge in [-0.25, -0.2) is 9.78 Å². The molecule has 2 aromatic heterocycles. The summed E-state index contributed by atoms with van der Waals surface area (Å²) >= 11 is 0. The van der Waals surface area contributed by atoms with Crippen LogP contribution in [-0.2, 0) is 24.4 Å². The lowest BCUT2D eigenvalue weighted by atomic mass is 10.3. The number of Topliss-reactive ketones (excluding diaryl/α,β-unsaturated/α-hetero) is 1. The molecule has 0 fully saturated rings. The van der Waals surface area contributed by atoms with Gasteiger partial charge in [-0.15, -0.1) is 0 Å². The number of imidazole rings is 1. The molecule has 1 unspecified atom stereocenters. The monoisotopic (exact) mass is 336 g/mol. The predicted octanol–water partition coefficient (Wildman–Crippen LogP) is 0.520. The SMILES string of the molecule is CCCCn1c(=O)n(CCC(C)O)c(=O)c2c1ncn2CC(C)=O. The molecule has 2 rings (SSSR count). The third-order valence-corrected chi connectivity index (χ3v) is 3.88. The second-order valence-electron chi connectivity index (χ2n) is 6.13. The molecule has 2 heterocycles. The molecule has 0 aliphatic carbocycles. The molecule has 132 valence electrons. The van der Waals surface area contributed by atoms with Crippen LogP contribution in [0, 0.1) is 0 Å². The van der Waals surface area contributed by atoms with Crippen LogP contribution in [0.1, 0.15) is 40.0 Å². The Hall–Kier alpha value is -2.22. The summed E-state index contributed by atoms with van der Waals surface area (Å²) in [5.41, 5.74) is -0.323. The van der Waals surface area contributed by atoms with E-state index < -0.39 is 17.4 Å². The summed E-state index contributed by atoms with van der Waals surface area (Å²) in [6.07, 6.45) is 2.79. The molecule has 1 N–H and O–H groups in total. The smallest absolute Gasteiger partial charge is 0.332 e. The molecule has 8 nitrogen and oxygen atoms in total. The van der Waals surface area contributed by atoms with Gasteiger partial charge in [-0.3, -0.25) is 18.7 Å². The van der Waals surface area contributed by atoms with Gasteiger partial charge in [0.15, 0.2) is 11.2 Å². The third kappa shape index (κ3) is 3.64. The van der Waals surface area contributed by atoms with Crippen molar-refractivity contribution in [2.24, 2.45) is 0 Å². The molecule has 0 radical (unpaired) electrons. The number of fused-ring (bicyclic) bond motifs is 1. The summed E-state index contributed by atoms with van der Waals surface area (Å²) in [6, 6.07) is 0. The summed E-state index contributed by atoms with van der Waals surface area (Å²) in [4.78, 5) is 41.1. The fourth-order valence-electron chi connectivity index (χ4n) is 2.63. The molecule has 0 spiro atoms. The highest BCUT2D eigenvalue weighted by atomic mass is 16.3. The van der Waals surface area contributed by atoms with E-state index in [1.807, 2.05) is 6.92 Å². The minimum Gasteiger partial charge on any atom is -0.393 e. The number of carbonyl (C=O) groups excluding carboxylic acids is 1.